The highest BCUT2D eigenvalue weighted by Gasteiger charge is 2.31. The number of hydrogen-bond donors (Lipinski definition) is 1. The summed E-state index contributed by atoms with van der Waals surface area (Å²) in [6, 6.07) is 5.22. The van der Waals surface area contributed by atoms with E-state index in [-0.39, 0.29) is 0 Å². The van der Waals surface area contributed by atoms with Crippen molar-refractivity contribution in [3.05, 3.63) is 29.3 Å². The number of rotatable bonds is 4. The molecule has 4 nitrogen and oxygen atoms in total. The summed E-state index contributed by atoms with van der Waals surface area (Å²) >= 11 is 0. The molecule has 0 radical (unpaired) electrons. The van der Waals surface area contributed by atoms with E-state index < -0.39 is 10.0 Å². The first-order chi connectivity index (χ1) is 8.98. The Kier molecular flexibility index (Phi) is 4.28. The van der Waals surface area contributed by atoms with Crippen LogP contribution in [0.25, 0.3) is 0 Å². The lowest BCUT2D eigenvalue weighted by atomic mass is 10.1. The van der Waals surface area contributed by atoms with Crippen LogP contribution in [0.2, 0.25) is 0 Å². The van der Waals surface area contributed by atoms with Crippen LogP contribution < -0.4 is 5.73 Å². The van der Waals surface area contributed by atoms with Gasteiger partial charge in [-0.3, -0.25) is 0 Å². The average Bonchev–Trinajstić information content (AvgIpc) is 2.88. The number of benzene rings is 1. The number of sulfonamides is 1. The van der Waals surface area contributed by atoms with Crippen molar-refractivity contribution in [3.8, 4) is 0 Å². The van der Waals surface area contributed by atoms with Crippen molar-refractivity contribution < 1.29 is 8.42 Å². The molecule has 1 aliphatic heterocycles. The van der Waals surface area contributed by atoms with Gasteiger partial charge < -0.3 is 5.73 Å². The zero-order valence-corrected chi connectivity index (χ0v) is 12.4. The molecule has 1 fully saturated rings. The number of nitrogens with zero attached hydrogens (tertiary/aromatic N) is 1. The Labute approximate surface area is 115 Å². The van der Waals surface area contributed by atoms with Gasteiger partial charge in [0.05, 0.1) is 4.90 Å². The summed E-state index contributed by atoms with van der Waals surface area (Å²) in [6.07, 6.45) is 2.01. The molecule has 19 heavy (non-hydrogen) atoms. The van der Waals surface area contributed by atoms with E-state index in [9.17, 15) is 8.42 Å². The van der Waals surface area contributed by atoms with Gasteiger partial charge in [0, 0.05) is 19.6 Å². The van der Waals surface area contributed by atoms with Crippen molar-refractivity contribution in [3.63, 3.8) is 0 Å². The zero-order chi connectivity index (χ0) is 14.0. The molecule has 5 heteroatoms. The maximum absolute atomic E-state index is 12.5. The molecule has 2 N–H and O–H groups in total. The molecule has 0 spiro atoms. The summed E-state index contributed by atoms with van der Waals surface area (Å²) in [5.41, 5.74) is 7.54. The quantitative estimate of drug-likeness (QED) is 0.917. The first-order valence-electron chi connectivity index (χ1n) is 6.78. The van der Waals surface area contributed by atoms with Crippen molar-refractivity contribution in [2.75, 3.05) is 13.1 Å². The minimum atomic E-state index is -3.34. The number of hydrogen-bond acceptors (Lipinski definition) is 3. The highest BCUT2D eigenvalue weighted by atomic mass is 32.2. The fourth-order valence-corrected chi connectivity index (χ4v) is 4.17. The van der Waals surface area contributed by atoms with Crippen LogP contribution in [0, 0.1) is 12.8 Å². The number of aryl methyl sites for hydroxylation is 1. The van der Waals surface area contributed by atoms with Crippen LogP contribution in [0.15, 0.2) is 23.1 Å². The summed E-state index contributed by atoms with van der Waals surface area (Å²) in [6.45, 7) is 5.74. The van der Waals surface area contributed by atoms with Crippen molar-refractivity contribution in [2.24, 2.45) is 11.7 Å². The van der Waals surface area contributed by atoms with Gasteiger partial charge in [-0.2, -0.15) is 4.31 Å². The van der Waals surface area contributed by atoms with Crippen LogP contribution in [0.5, 0.6) is 0 Å². The molecule has 1 heterocycles. The van der Waals surface area contributed by atoms with Gasteiger partial charge in [-0.25, -0.2) is 8.42 Å². The lowest BCUT2D eigenvalue weighted by Gasteiger charge is -2.17. The summed E-state index contributed by atoms with van der Waals surface area (Å²) in [4.78, 5) is 0.388. The van der Waals surface area contributed by atoms with Crippen LogP contribution >= 0.6 is 0 Å². The smallest absolute Gasteiger partial charge is 0.243 e. The second kappa shape index (κ2) is 5.61. The maximum Gasteiger partial charge on any atom is 0.243 e. The minimum Gasteiger partial charge on any atom is -0.326 e. The fraction of sp³-hybridized carbons (Fsp3) is 0.571. The third-order valence-electron chi connectivity index (χ3n) is 4.00. The Hall–Kier alpha value is -0.910. The largest absolute Gasteiger partial charge is 0.326 e. The number of nitrogens with two attached hydrogens (primary N) is 1. The molecule has 0 aliphatic carbocycles. The zero-order valence-electron chi connectivity index (χ0n) is 11.6. The standard InChI is InChI=1S/C14H22N2O2S/c1-3-12-6-7-16(10-12)19(17,18)14-5-4-13(9-15)11(2)8-14/h4-5,8,12H,3,6-7,9-10,15H2,1-2H3. The summed E-state index contributed by atoms with van der Waals surface area (Å²) in [5, 5.41) is 0. The molecule has 1 unspecified atom stereocenters. The van der Waals surface area contributed by atoms with Crippen LogP contribution in [-0.4, -0.2) is 25.8 Å². The minimum absolute atomic E-state index is 0.388. The normalized spacial score (nSPS) is 20.9. The van der Waals surface area contributed by atoms with E-state index in [1.54, 1.807) is 16.4 Å². The lowest BCUT2D eigenvalue weighted by molar-refractivity contribution is 0.453. The van der Waals surface area contributed by atoms with Gasteiger partial charge in [0.15, 0.2) is 0 Å². The lowest BCUT2D eigenvalue weighted by Crippen LogP contribution is -2.29. The van der Waals surface area contributed by atoms with E-state index >= 15 is 0 Å². The van der Waals surface area contributed by atoms with Crippen LogP contribution in [0.4, 0.5) is 0 Å². The SMILES string of the molecule is CCC1CCN(S(=O)(=O)c2ccc(CN)c(C)c2)C1. The molecule has 2 rings (SSSR count). The summed E-state index contributed by atoms with van der Waals surface area (Å²) in [7, 11) is -3.34. The second-order valence-electron chi connectivity index (χ2n) is 5.22. The fourth-order valence-electron chi connectivity index (χ4n) is 2.56. The summed E-state index contributed by atoms with van der Waals surface area (Å²) < 4.78 is 26.7. The molecule has 1 saturated heterocycles. The molecule has 1 aromatic rings. The van der Waals surface area contributed by atoms with Gasteiger partial charge in [-0.1, -0.05) is 19.4 Å². The average molecular weight is 282 g/mol. The van der Waals surface area contributed by atoms with Crippen LogP contribution in [0.3, 0.4) is 0 Å². The molecule has 0 aromatic heterocycles. The van der Waals surface area contributed by atoms with Gasteiger partial charge in [0.1, 0.15) is 0 Å². The Morgan fingerprint density at radius 1 is 1.42 bits per heavy atom. The highest BCUT2D eigenvalue weighted by molar-refractivity contribution is 7.89. The maximum atomic E-state index is 12.5. The van der Waals surface area contributed by atoms with Gasteiger partial charge in [0.25, 0.3) is 0 Å². The van der Waals surface area contributed by atoms with E-state index in [1.807, 2.05) is 13.0 Å². The molecule has 1 aliphatic rings. The van der Waals surface area contributed by atoms with Crippen molar-refractivity contribution in [1.82, 2.24) is 4.31 Å². The molecule has 0 amide bonds. The van der Waals surface area contributed by atoms with Gasteiger partial charge in [-0.15, -0.1) is 0 Å². The van der Waals surface area contributed by atoms with E-state index in [2.05, 4.69) is 6.92 Å². The summed E-state index contributed by atoms with van der Waals surface area (Å²) in [5.74, 6) is 0.499. The van der Waals surface area contributed by atoms with Gasteiger partial charge in [-0.05, 0) is 42.5 Å². The molecule has 1 atom stereocenters. The molecule has 106 valence electrons. The monoisotopic (exact) mass is 282 g/mol. The molecular weight excluding hydrogens is 260 g/mol. The topological polar surface area (TPSA) is 63.4 Å². The van der Waals surface area contributed by atoms with Crippen molar-refractivity contribution in [2.45, 2.75) is 38.1 Å². The second-order valence-corrected chi connectivity index (χ2v) is 7.16. The Bertz CT molecular complexity index is 555. The predicted octanol–water partition coefficient (Wildman–Crippen LogP) is 1.87. The molecule has 1 aromatic carbocycles. The van der Waals surface area contributed by atoms with Crippen LogP contribution in [0.1, 0.15) is 30.9 Å². The molecule has 0 bridgehead atoms. The highest BCUT2D eigenvalue weighted by Crippen LogP contribution is 2.26. The van der Waals surface area contributed by atoms with Gasteiger partial charge >= 0.3 is 0 Å². The van der Waals surface area contributed by atoms with Crippen molar-refractivity contribution in [1.29, 1.82) is 0 Å². The first kappa shape index (κ1) is 14.5. The van der Waals surface area contributed by atoms with E-state index in [4.69, 9.17) is 5.73 Å². The van der Waals surface area contributed by atoms with Crippen LogP contribution in [-0.2, 0) is 16.6 Å². The van der Waals surface area contributed by atoms with E-state index in [0.717, 1.165) is 24.0 Å². The van der Waals surface area contributed by atoms with Gasteiger partial charge in [0.2, 0.25) is 10.0 Å². The molecular formula is C14H22N2O2S. The third kappa shape index (κ3) is 2.83. The first-order valence-corrected chi connectivity index (χ1v) is 8.22. The predicted molar refractivity (Wildman–Crippen MR) is 76.2 cm³/mol. The molecule has 0 saturated carbocycles. The Balaban J connectivity index is 2.27. The van der Waals surface area contributed by atoms with Crippen molar-refractivity contribution >= 4 is 10.0 Å². The van der Waals surface area contributed by atoms with E-state index in [0.29, 0.717) is 30.4 Å². The third-order valence-corrected chi connectivity index (χ3v) is 5.86. The van der Waals surface area contributed by atoms with E-state index in [1.165, 1.54) is 0 Å². The Morgan fingerprint density at radius 2 is 2.16 bits per heavy atom. The Morgan fingerprint density at radius 3 is 2.68 bits per heavy atom.